The highest BCUT2D eigenvalue weighted by Crippen LogP contribution is 2.29. The molecule has 0 saturated carbocycles. The van der Waals surface area contributed by atoms with Gasteiger partial charge in [-0.25, -0.2) is 9.37 Å². The number of aromatic nitrogens is 4. The molecular formula is C19H18F4N6O2. The zero-order valence-corrected chi connectivity index (χ0v) is 16.2. The molecule has 1 fully saturated rings. The summed E-state index contributed by atoms with van der Waals surface area (Å²) in [5.41, 5.74) is 0.0360. The highest BCUT2D eigenvalue weighted by atomic mass is 19.4. The molecule has 1 aliphatic heterocycles. The predicted molar refractivity (Wildman–Crippen MR) is 102 cm³/mol. The van der Waals surface area contributed by atoms with Crippen LogP contribution in [-0.2, 0) is 11.3 Å². The number of anilines is 2. The molecule has 1 saturated heterocycles. The van der Waals surface area contributed by atoms with E-state index < -0.39 is 24.4 Å². The van der Waals surface area contributed by atoms with Crippen LogP contribution in [0.25, 0.3) is 10.9 Å². The molecule has 0 aromatic carbocycles. The third kappa shape index (κ3) is 4.74. The maximum Gasteiger partial charge on any atom is 0.408 e. The van der Waals surface area contributed by atoms with Crippen LogP contribution < -0.4 is 5.32 Å². The van der Waals surface area contributed by atoms with Gasteiger partial charge < -0.3 is 15.0 Å². The van der Waals surface area contributed by atoms with Crippen LogP contribution in [-0.4, -0.2) is 63.0 Å². The van der Waals surface area contributed by atoms with E-state index >= 15 is 0 Å². The molecule has 31 heavy (non-hydrogen) atoms. The van der Waals surface area contributed by atoms with Crippen molar-refractivity contribution in [3.63, 3.8) is 0 Å². The van der Waals surface area contributed by atoms with E-state index in [4.69, 9.17) is 4.74 Å². The molecular weight excluding hydrogens is 420 g/mol. The number of halogens is 4. The normalized spacial score (nSPS) is 15.2. The molecule has 164 valence electrons. The first-order chi connectivity index (χ1) is 14.8. The van der Waals surface area contributed by atoms with Crippen LogP contribution in [0, 0.1) is 5.82 Å². The van der Waals surface area contributed by atoms with Crippen molar-refractivity contribution in [2.24, 2.45) is 0 Å². The first-order valence-electron chi connectivity index (χ1n) is 9.50. The van der Waals surface area contributed by atoms with E-state index in [9.17, 15) is 22.4 Å². The number of alkyl halides is 3. The third-order valence-electron chi connectivity index (χ3n) is 4.69. The Morgan fingerprint density at radius 3 is 2.81 bits per heavy atom. The van der Waals surface area contributed by atoms with E-state index in [2.05, 4.69) is 20.4 Å². The molecule has 3 aromatic heterocycles. The number of amides is 1. The number of carbonyl (C=O) groups excluding carboxylic acids is 1. The van der Waals surface area contributed by atoms with Crippen LogP contribution in [0.2, 0.25) is 0 Å². The van der Waals surface area contributed by atoms with Crippen molar-refractivity contribution >= 4 is 28.4 Å². The summed E-state index contributed by atoms with van der Waals surface area (Å²) < 4.78 is 59.3. The van der Waals surface area contributed by atoms with Crippen molar-refractivity contribution in [1.82, 2.24) is 24.6 Å². The van der Waals surface area contributed by atoms with Crippen molar-refractivity contribution in [3.8, 4) is 0 Å². The van der Waals surface area contributed by atoms with E-state index in [1.165, 1.54) is 24.5 Å². The molecule has 0 aliphatic carbocycles. The highest BCUT2D eigenvalue weighted by Gasteiger charge is 2.30. The summed E-state index contributed by atoms with van der Waals surface area (Å²) in [6.07, 6.45) is -1.31. The van der Waals surface area contributed by atoms with Gasteiger partial charge in [-0.1, -0.05) is 0 Å². The van der Waals surface area contributed by atoms with E-state index in [-0.39, 0.29) is 28.2 Å². The fourth-order valence-corrected chi connectivity index (χ4v) is 3.27. The second-order valence-electron chi connectivity index (χ2n) is 6.93. The number of rotatable bonds is 4. The zero-order valence-electron chi connectivity index (χ0n) is 16.2. The molecule has 0 radical (unpaired) electrons. The van der Waals surface area contributed by atoms with Crippen LogP contribution in [0.5, 0.6) is 0 Å². The molecule has 1 aliphatic rings. The molecule has 1 N–H and O–H groups in total. The molecule has 0 bridgehead atoms. The molecule has 0 atom stereocenters. The molecule has 1 amide bonds. The van der Waals surface area contributed by atoms with Gasteiger partial charge in [0.1, 0.15) is 12.2 Å². The summed E-state index contributed by atoms with van der Waals surface area (Å²) >= 11 is 0. The van der Waals surface area contributed by atoms with E-state index in [1.807, 2.05) is 0 Å². The summed E-state index contributed by atoms with van der Waals surface area (Å²) in [5.74, 6) is -1.33. The van der Waals surface area contributed by atoms with E-state index in [0.717, 1.165) is 6.07 Å². The lowest BCUT2D eigenvalue weighted by atomic mass is 10.2. The summed E-state index contributed by atoms with van der Waals surface area (Å²) in [6.45, 7) is 0.362. The molecule has 4 heterocycles. The molecule has 12 heteroatoms. The fourth-order valence-electron chi connectivity index (χ4n) is 3.27. The number of nitrogens with zero attached hydrogens (tertiary/aromatic N) is 5. The summed E-state index contributed by atoms with van der Waals surface area (Å²) in [5, 5.41) is 6.74. The van der Waals surface area contributed by atoms with Crippen molar-refractivity contribution < 1.29 is 27.1 Å². The van der Waals surface area contributed by atoms with Gasteiger partial charge in [0.15, 0.2) is 17.5 Å². The number of hydrogen-bond acceptors (Lipinski definition) is 6. The predicted octanol–water partition coefficient (Wildman–Crippen LogP) is 3.13. The third-order valence-corrected chi connectivity index (χ3v) is 4.69. The first-order valence-corrected chi connectivity index (χ1v) is 9.50. The van der Waals surface area contributed by atoms with Gasteiger partial charge in [-0.05, 0) is 24.6 Å². The molecule has 8 nitrogen and oxygen atoms in total. The minimum Gasteiger partial charge on any atom is -0.380 e. The zero-order chi connectivity index (χ0) is 22.0. The Kier molecular flexibility index (Phi) is 5.72. The van der Waals surface area contributed by atoms with Crippen LogP contribution in [0.1, 0.15) is 16.9 Å². The lowest BCUT2D eigenvalue weighted by Gasteiger charge is -2.19. The molecule has 4 rings (SSSR count). The maximum absolute atomic E-state index is 13.9. The lowest BCUT2D eigenvalue weighted by Crippen LogP contribution is -2.33. The standard InChI is InChI=1S/C19H18F4N6O2/c20-13-3-1-4-24-17(13)26-16-12-10-25-14(18(30)28-5-2-7-31-8-6-28)9-15(12)29(27-16)11-19(21,22)23/h1,3-4,9-10H,2,5-8,11H2,(H,24,26,27). The Morgan fingerprint density at radius 2 is 2.03 bits per heavy atom. The average Bonchev–Trinajstić information content (AvgIpc) is 2.90. The van der Waals surface area contributed by atoms with Crippen molar-refractivity contribution in [3.05, 3.63) is 42.1 Å². The van der Waals surface area contributed by atoms with Gasteiger partial charge in [-0.3, -0.25) is 14.5 Å². The maximum atomic E-state index is 13.9. The average molecular weight is 438 g/mol. The quantitative estimate of drug-likeness (QED) is 0.630. The minimum atomic E-state index is -4.55. The van der Waals surface area contributed by atoms with Gasteiger partial charge in [0.2, 0.25) is 0 Å². The Balaban J connectivity index is 1.73. The molecule has 0 spiro atoms. The number of fused-ring (bicyclic) bond motifs is 1. The topological polar surface area (TPSA) is 85.2 Å². The Labute approximate surface area is 173 Å². The van der Waals surface area contributed by atoms with Crippen LogP contribution in [0.3, 0.4) is 0 Å². The monoisotopic (exact) mass is 438 g/mol. The van der Waals surface area contributed by atoms with Crippen molar-refractivity contribution in [2.45, 2.75) is 19.1 Å². The Hall–Kier alpha value is -3.28. The number of hydrogen-bond donors (Lipinski definition) is 1. The smallest absolute Gasteiger partial charge is 0.380 e. The number of nitrogens with one attached hydrogen (secondary N) is 1. The second-order valence-corrected chi connectivity index (χ2v) is 6.93. The largest absolute Gasteiger partial charge is 0.408 e. The Morgan fingerprint density at radius 1 is 1.19 bits per heavy atom. The van der Waals surface area contributed by atoms with Crippen molar-refractivity contribution in [1.29, 1.82) is 0 Å². The number of ether oxygens (including phenoxy) is 1. The van der Waals surface area contributed by atoms with Crippen LogP contribution in [0.4, 0.5) is 29.2 Å². The van der Waals surface area contributed by atoms with Crippen LogP contribution >= 0.6 is 0 Å². The number of carbonyl (C=O) groups is 1. The molecule has 0 unspecified atom stereocenters. The highest BCUT2D eigenvalue weighted by molar-refractivity contribution is 5.98. The van der Waals surface area contributed by atoms with Crippen LogP contribution in [0.15, 0.2) is 30.6 Å². The number of pyridine rings is 2. The van der Waals surface area contributed by atoms with E-state index in [0.29, 0.717) is 37.4 Å². The summed E-state index contributed by atoms with van der Waals surface area (Å²) in [4.78, 5) is 22.3. The van der Waals surface area contributed by atoms with Gasteiger partial charge >= 0.3 is 6.18 Å². The lowest BCUT2D eigenvalue weighted by molar-refractivity contribution is -0.141. The summed E-state index contributed by atoms with van der Waals surface area (Å²) in [6, 6.07) is 3.81. The van der Waals surface area contributed by atoms with Gasteiger partial charge in [-0.15, -0.1) is 0 Å². The van der Waals surface area contributed by atoms with Gasteiger partial charge in [-0.2, -0.15) is 18.3 Å². The molecule has 3 aromatic rings. The van der Waals surface area contributed by atoms with Gasteiger partial charge in [0, 0.05) is 32.1 Å². The first kappa shape index (κ1) is 21.0. The Bertz CT molecular complexity index is 1090. The minimum absolute atomic E-state index is 0.00621. The fraction of sp³-hybridized carbons (Fsp3) is 0.368. The second kappa shape index (κ2) is 8.46. The van der Waals surface area contributed by atoms with E-state index in [1.54, 1.807) is 4.90 Å². The van der Waals surface area contributed by atoms with Gasteiger partial charge in [0.25, 0.3) is 5.91 Å². The van der Waals surface area contributed by atoms with Gasteiger partial charge in [0.05, 0.1) is 17.5 Å². The SMILES string of the molecule is O=C(c1cc2c(cn1)c(Nc1ncccc1F)nn2CC(F)(F)F)N1CCCOCC1. The summed E-state index contributed by atoms with van der Waals surface area (Å²) in [7, 11) is 0. The van der Waals surface area contributed by atoms with Crippen molar-refractivity contribution in [2.75, 3.05) is 31.6 Å².